The van der Waals surface area contributed by atoms with Gasteiger partial charge in [-0.2, -0.15) is 0 Å². The van der Waals surface area contributed by atoms with Crippen LogP contribution in [0.4, 0.5) is 0 Å². The van der Waals surface area contributed by atoms with E-state index in [-0.39, 0.29) is 27.2 Å². The van der Waals surface area contributed by atoms with E-state index in [9.17, 15) is 13.0 Å². The average Bonchev–Trinajstić information content (AvgIpc) is 1.57. The quantitative estimate of drug-likeness (QED) is 0.457. The predicted molar refractivity (Wildman–Crippen MR) is 58.4 cm³/mol. The Kier molecular flexibility index (Phi) is 13.3. The van der Waals surface area contributed by atoms with Gasteiger partial charge in [-0.3, -0.25) is 4.18 Å². The lowest BCUT2D eigenvalue weighted by molar-refractivity contribution is 0.296. The molecule has 5 nitrogen and oxygen atoms in total. The molecule has 0 aliphatic rings. The maximum Gasteiger partial charge on any atom is 0.217 e. The molecule has 0 fully saturated rings. The first-order valence-corrected chi connectivity index (χ1v) is 7.85. The summed E-state index contributed by atoms with van der Waals surface area (Å²) >= 11 is 0. The van der Waals surface area contributed by atoms with Crippen LogP contribution in [-0.2, 0) is 14.6 Å². The lowest BCUT2D eigenvalue weighted by Gasteiger charge is -2.16. The van der Waals surface area contributed by atoms with E-state index in [1.54, 1.807) is 0 Å². The summed E-state index contributed by atoms with van der Waals surface area (Å²) in [5.74, 6) is 0. The van der Waals surface area contributed by atoms with E-state index in [1.807, 2.05) is 19.6 Å². The Balaban J connectivity index is -0.000000135. The minimum Gasteiger partial charge on any atom is -0.726 e. The number of quaternary nitrogens is 1. The number of rotatable bonds is 3. The van der Waals surface area contributed by atoms with Crippen molar-refractivity contribution in [1.29, 1.82) is 0 Å². The fourth-order valence-corrected chi connectivity index (χ4v) is 2.24. The molecule has 0 aliphatic heterocycles. The van der Waals surface area contributed by atoms with E-state index in [4.69, 9.17) is 0 Å². The molecule has 7 heteroatoms. The molecule has 0 amide bonds. The second kappa shape index (κ2) is 7.45. The number of hydrogen-bond donors (Lipinski definition) is 1. The maximum atomic E-state index is 9.92. The van der Waals surface area contributed by atoms with E-state index >= 15 is 0 Å². The van der Waals surface area contributed by atoms with Gasteiger partial charge in [-0.15, -0.1) is 0 Å². The van der Waals surface area contributed by atoms with Crippen molar-refractivity contribution in [2.75, 3.05) is 6.23 Å². The van der Waals surface area contributed by atoms with Crippen LogP contribution in [0.1, 0.15) is 14.9 Å². The summed E-state index contributed by atoms with van der Waals surface area (Å²) < 4.78 is 33.8. The van der Waals surface area contributed by atoms with Gasteiger partial charge in [0.05, 0.1) is 14.3 Å². The highest BCUT2D eigenvalue weighted by Gasteiger charge is 2.14. The summed E-state index contributed by atoms with van der Waals surface area (Å²) in [5, 5.41) is 0. The summed E-state index contributed by atoms with van der Waals surface area (Å²) in [6.45, 7) is 5.74. The number of hydrogen-bond acceptors (Lipinski definition) is 4. The van der Waals surface area contributed by atoms with Crippen molar-refractivity contribution in [3.8, 4) is 0 Å². The van der Waals surface area contributed by atoms with Gasteiger partial charge in [0.2, 0.25) is 10.4 Å². The van der Waals surface area contributed by atoms with Crippen LogP contribution < -0.4 is 6.15 Å². The third-order valence-electron chi connectivity index (χ3n) is 0.636. The lowest BCUT2D eigenvalue weighted by Crippen LogP contribution is -2.29. The van der Waals surface area contributed by atoms with E-state index in [1.165, 1.54) is 0 Å². The molecule has 0 aromatic carbocycles. The minimum absolute atomic E-state index is 0. The highest BCUT2D eigenvalue weighted by atomic mass is 32.3. The van der Waals surface area contributed by atoms with Crippen molar-refractivity contribution >= 4 is 18.5 Å². The Bertz CT molecular complexity index is 197. The Morgan fingerprint density at radius 1 is 1.23 bits per heavy atom. The van der Waals surface area contributed by atoms with E-state index < -0.39 is 18.5 Å². The Hall–Kier alpha value is 0.0469. The third-order valence-corrected chi connectivity index (χ3v) is 2.26. The van der Waals surface area contributed by atoms with Crippen LogP contribution in [-0.4, -0.2) is 27.3 Å². The summed E-state index contributed by atoms with van der Waals surface area (Å²) in [5.41, 5.74) is 0. The molecule has 0 aromatic heterocycles. The molecule has 0 saturated carbocycles. The highest BCUT2D eigenvalue weighted by molar-refractivity contribution is 7.80. The van der Waals surface area contributed by atoms with Gasteiger partial charge >= 0.3 is 0 Å². The summed E-state index contributed by atoms with van der Waals surface area (Å²) in [4.78, 5) is 0. The molecular weight excluding hydrogens is 210 g/mol. The second-order valence-electron chi connectivity index (χ2n) is 3.23. The lowest BCUT2D eigenvalue weighted by atomic mass is 11.7. The van der Waals surface area contributed by atoms with E-state index in [2.05, 4.69) is 4.18 Å². The van der Waals surface area contributed by atoms with E-state index in [0.717, 1.165) is 0 Å². The minimum atomic E-state index is -4.47. The average molecular weight is 233 g/mol. The summed E-state index contributed by atoms with van der Waals surface area (Å²) in [6, 6.07) is 0. The van der Waals surface area contributed by atoms with Crippen molar-refractivity contribution in [3.63, 3.8) is 0 Å². The first kappa shape index (κ1) is 23.1. The molecule has 0 atom stereocenters. The molecule has 0 aliphatic carbocycles. The van der Waals surface area contributed by atoms with Crippen molar-refractivity contribution in [3.05, 3.63) is 0 Å². The SMILES string of the molecule is C.C.C[Si](C)(C)COS(=O)(=O)[O-].[NH4+]. The van der Waals surface area contributed by atoms with Gasteiger partial charge in [-0.1, -0.05) is 34.5 Å². The molecule has 0 heterocycles. The first-order chi connectivity index (χ1) is 4.21. The normalized spacial score (nSPS) is 10.5. The van der Waals surface area contributed by atoms with Gasteiger partial charge in [0.1, 0.15) is 0 Å². The van der Waals surface area contributed by atoms with Gasteiger partial charge in [-0.25, -0.2) is 8.42 Å². The fraction of sp³-hybridized carbons (Fsp3) is 1.00. The first-order valence-electron chi connectivity index (χ1n) is 2.81. The van der Waals surface area contributed by atoms with Crippen LogP contribution in [0, 0.1) is 0 Å². The third kappa shape index (κ3) is 24.5. The standard InChI is InChI=1S/C4H12O4SSi.2CH4.H3N/c1-10(2,3)4-8-9(5,6)7;;;/h4H2,1-3H3,(H,5,6,7);2*1H4;1H3. The zero-order chi connectivity index (χ0) is 8.41. The van der Waals surface area contributed by atoms with E-state index in [0.29, 0.717) is 0 Å². The van der Waals surface area contributed by atoms with Crippen molar-refractivity contribution < 1.29 is 17.2 Å². The van der Waals surface area contributed by atoms with Gasteiger partial charge < -0.3 is 10.7 Å². The molecule has 0 saturated heterocycles. The molecule has 0 rings (SSSR count). The van der Waals surface area contributed by atoms with Crippen LogP contribution in [0.15, 0.2) is 0 Å². The van der Waals surface area contributed by atoms with Crippen molar-refractivity contribution in [2.45, 2.75) is 34.5 Å². The topological polar surface area (TPSA) is 103 Å². The Labute approximate surface area is 83.0 Å². The van der Waals surface area contributed by atoms with Crippen LogP contribution in [0.25, 0.3) is 0 Å². The monoisotopic (exact) mass is 233 g/mol. The molecule has 0 radical (unpaired) electrons. The molecule has 0 bridgehead atoms. The molecule has 0 unspecified atom stereocenters. The predicted octanol–water partition coefficient (Wildman–Crippen LogP) is 1.99. The smallest absolute Gasteiger partial charge is 0.217 e. The molecule has 0 spiro atoms. The molecule has 0 aromatic rings. The van der Waals surface area contributed by atoms with Crippen LogP contribution in [0.2, 0.25) is 19.6 Å². The van der Waals surface area contributed by atoms with Crippen LogP contribution >= 0.6 is 0 Å². The fourth-order valence-electron chi connectivity index (χ4n) is 0.249. The highest BCUT2D eigenvalue weighted by Crippen LogP contribution is 2.01. The maximum absolute atomic E-state index is 9.92. The Morgan fingerprint density at radius 3 is 1.62 bits per heavy atom. The van der Waals surface area contributed by atoms with Gasteiger partial charge in [0.15, 0.2) is 0 Å². The van der Waals surface area contributed by atoms with Gasteiger partial charge in [0.25, 0.3) is 0 Å². The molecule has 86 valence electrons. The summed E-state index contributed by atoms with van der Waals surface area (Å²) in [7, 11) is -6.04. The molecular formula is C6H23NO4SSi. The van der Waals surface area contributed by atoms with Crippen LogP contribution in [0.3, 0.4) is 0 Å². The zero-order valence-corrected chi connectivity index (χ0v) is 9.06. The second-order valence-corrected chi connectivity index (χ2v) is 9.69. The van der Waals surface area contributed by atoms with Crippen molar-refractivity contribution in [1.82, 2.24) is 6.15 Å². The van der Waals surface area contributed by atoms with Crippen molar-refractivity contribution in [2.24, 2.45) is 0 Å². The van der Waals surface area contributed by atoms with Gasteiger partial charge in [0, 0.05) is 0 Å². The summed E-state index contributed by atoms with van der Waals surface area (Å²) in [6.07, 6.45) is 0.0683. The van der Waals surface area contributed by atoms with Gasteiger partial charge in [-0.05, 0) is 0 Å². The molecule has 4 N–H and O–H groups in total. The van der Waals surface area contributed by atoms with Crippen LogP contribution in [0.5, 0.6) is 0 Å². The zero-order valence-electron chi connectivity index (χ0n) is 7.25. The Morgan fingerprint density at radius 2 is 1.54 bits per heavy atom. The largest absolute Gasteiger partial charge is 0.726 e. The molecule has 13 heavy (non-hydrogen) atoms.